The summed E-state index contributed by atoms with van der Waals surface area (Å²) in [7, 11) is 1.60. The Hall–Kier alpha value is -1.26. The second-order valence-electron chi connectivity index (χ2n) is 4.10. The molecule has 0 radical (unpaired) electrons. The molecule has 1 aliphatic heterocycles. The smallest absolute Gasteiger partial charge is 0.161 e. The normalized spacial score (nSPS) is 19.8. The zero-order valence-electron chi connectivity index (χ0n) is 10.2. The van der Waals surface area contributed by atoms with Crippen LogP contribution in [0.15, 0.2) is 18.2 Å². The number of benzene rings is 1. The lowest BCUT2D eigenvalue weighted by Crippen LogP contribution is -2.05. The van der Waals surface area contributed by atoms with E-state index >= 15 is 0 Å². The predicted molar refractivity (Wildman–Crippen MR) is 63.5 cm³/mol. The van der Waals surface area contributed by atoms with Crippen molar-refractivity contribution in [2.75, 3.05) is 20.3 Å². The lowest BCUT2D eigenvalue weighted by atomic mass is 10.1. The van der Waals surface area contributed by atoms with Gasteiger partial charge in [0, 0.05) is 0 Å². The van der Waals surface area contributed by atoms with E-state index < -0.39 is 6.10 Å². The maximum Gasteiger partial charge on any atom is 0.161 e. The van der Waals surface area contributed by atoms with Crippen molar-refractivity contribution in [3.8, 4) is 11.5 Å². The summed E-state index contributed by atoms with van der Waals surface area (Å²) in [6.45, 7) is 3.26. The third-order valence-electron chi connectivity index (χ3n) is 2.79. The molecule has 1 fully saturated rings. The average Bonchev–Trinajstić information content (AvgIpc) is 3.19. The van der Waals surface area contributed by atoms with Crippen molar-refractivity contribution in [3.05, 3.63) is 23.8 Å². The Bertz CT molecular complexity index is 374. The summed E-state index contributed by atoms with van der Waals surface area (Å²) < 4.78 is 15.9. The van der Waals surface area contributed by atoms with Crippen LogP contribution in [0.4, 0.5) is 0 Å². The average molecular weight is 238 g/mol. The van der Waals surface area contributed by atoms with Crippen molar-refractivity contribution >= 4 is 0 Å². The summed E-state index contributed by atoms with van der Waals surface area (Å²) in [5.41, 5.74) is 0.847. The molecule has 0 spiro atoms. The highest BCUT2D eigenvalue weighted by atomic mass is 16.6. The maximum absolute atomic E-state index is 9.75. The van der Waals surface area contributed by atoms with Crippen LogP contribution in [0.5, 0.6) is 11.5 Å². The van der Waals surface area contributed by atoms with Gasteiger partial charge in [-0.3, -0.25) is 0 Å². The minimum absolute atomic E-state index is 0.223. The molecule has 0 saturated carbocycles. The van der Waals surface area contributed by atoms with Crippen LogP contribution in [-0.2, 0) is 4.74 Å². The second-order valence-corrected chi connectivity index (χ2v) is 4.10. The summed E-state index contributed by atoms with van der Waals surface area (Å²) in [6.07, 6.45) is 0.449. The molecule has 4 nitrogen and oxygen atoms in total. The van der Waals surface area contributed by atoms with Crippen LogP contribution in [0.1, 0.15) is 25.0 Å². The standard InChI is InChI=1S/C13H18O4/c1-3-11(14)9-4-5-12(13(6-9)15-2)17-8-10-7-16-10/h4-6,10-11,14H,3,7-8H2,1-2H3. The molecule has 0 bridgehead atoms. The van der Waals surface area contributed by atoms with Crippen LogP contribution in [-0.4, -0.2) is 31.5 Å². The quantitative estimate of drug-likeness (QED) is 0.769. The number of rotatable bonds is 6. The van der Waals surface area contributed by atoms with Gasteiger partial charge in [0.05, 0.1) is 19.8 Å². The Balaban J connectivity index is 2.09. The number of methoxy groups -OCH3 is 1. The lowest BCUT2D eigenvalue weighted by Gasteiger charge is -2.13. The van der Waals surface area contributed by atoms with E-state index in [4.69, 9.17) is 14.2 Å². The molecular formula is C13H18O4. The first-order chi connectivity index (χ1) is 8.24. The number of aliphatic hydroxyl groups is 1. The first-order valence-electron chi connectivity index (χ1n) is 5.85. The lowest BCUT2D eigenvalue weighted by molar-refractivity contribution is 0.173. The Labute approximate surface area is 101 Å². The van der Waals surface area contributed by atoms with Gasteiger partial charge >= 0.3 is 0 Å². The molecule has 1 aromatic rings. The molecule has 2 rings (SSSR count). The third kappa shape index (κ3) is 3.11. The largest absolute Gasteiger partial charge is 0.493 e. The van der Waals surface area contributed by atoms with Gasteiger partial charge in [-0.25, -0.2) is 0 Å². The first-order valence-corrected chi connectivity index (χ1v) is 5.85. The summed E-state index contributed by atoms with van der Waals surface area (Å²) in [6, 6.07) is 5.51. The van der Waals surface area contributed by atoms with Gasteiger partial charge in [-0.05, 0) is 24.1 Å². The molecule has 17 heavy (non-hydrogen) atoms. The van der Waals surface area contributed by atoms with E-state index in [9.17, 15) is 5.11 Å². The first kappa shape index (κ1) is 12.2. The minimum Gasteiger partial charge on any atom is -0.493 e. The molecular weight excluding hydrogens is 220 g/mol. The summed E-state index contributed by atoms with van der Waals surface area (Å²) in [4.78, 5) is 0. The molecule has 1 N–H and O–H groups in total. The zero-order chi connectivity index (χ0) is 12.3. The van der Waals surface area contributed by atoms with E-state index in [0.717, 1.165) is 12.2 Å². The van der Waals surface area contributed by atoms with Gasteiger partial charge in [0.25, 0.3) is 0 Å². The van der Waals surface area contributed by atoms with Crippen LogP contribution in [0, 0.1) is 0 Å². The Kier molecular flexibility index (Phi) is 3.86. The molecule has 1 aromatic carbocycles. The number of ether oxygens (including phenoxy) is 3. The van der Waals surface area contributed by atoms with Gasteiger partial charge in [0.15, 0.2) is 11.5 Å². The van der Waals surface area contributed by atoms with Gasteiger partial charge < -0.3 is 19.3 Å². The van der Waals surface area contributed by atoms with E-state index in [-0.39, 0.29) is 6.10 Å². The van der Waals surface area contributed by atoms with Crippen molar-refractivity contribution < 1.29 is 19.3 Å². The van der Waals surface area contributed by atoms with Gasteiger partial charge in [0.1, 0.15) is 12.7 Å². The molecule has 1 heterocycles. The van der Waals surface area contributed by atoms with Gasteiger partial charge in [-0.1, -0.05) is 13.0 Å². The van der Waals surface area contributed by atoms with Crippen molar-refractivity contribution in [2.45, 2.75) is 25.6 Å². The Morgan fingerprint density at radius 3 is 2.82 bits per heavy atom. The van der Waals surface area contributed by atoms with Crippen molar-refractivity contribution in [1.82, 2.24) is 0 Å². The zero-order valence-corrected chi connectivity index (χ0v) is 10.2. The molecule has 1 saturated heterocycles. The highest BCUT2D eigenvalue weighted by Gasteiger charge is 2.23. The summed E-state index contributed by atoms with van der Waals surface area (Å²) in [5.74, 6) is 1.34. The van der Waals surface area contributed by atoms with E-state index in [0.29, 0.717) is 24.5 Å². The summed E-state index contributed by atoms with van der Waals surface area (Å²) >= 11 is 0. The SMILES string of the molecule is CCC(O)c1ccc(OCC2CO2)c(OC)c1. The molecule has 94 valence electrons. The van der Waals surface area contributed by atoms with Gasteiger partial charge in [0.2, 0.25) is 0 Å². The predicted octanol–water partition coefficient (Wildman–Crippen LogP) is 1.92. The van der Waals surface area contributed by atoms with Gasteiger partial charge in [-0.15, -0.1) is 0 Å². The van der Waals surface area contributed by atoms with Crippen LogP contribution < -0.4 is 9.47 Å². The maximum atomic E-state index is 9.75. The topological polar surface area (TPSA) is 51.2 Å². The van der Waals surface area contributed by atoms with Crippen LogP contribution >= 0.6 is 0 Å². The van der Waals surface area contributed by atoms with E-state index in [1.807, 2.05) is 25.1 Å². The van der Waals surface area contributed by atoms with Gasteiger partial charge in [-0.2, -0.15) is 0 Å². The van der Waals surface area contributed by atoms with Crippen molar-refractivity contribution in [1.29, 1.82) is 0 Å². The van der Waals surface area contributed by atoms with E-state index in [2.05, 4.69) is 0 Å². The Morgan fingerprint density at radius 2 is 2.24 bits per heavy atom. The fraction of sp³-hybridized carbons (Fsp3) is 0.538. The fourth-order valence-corrected chi connectivity index (χ4v) is 1.59. The molecule has 2 unspecified atom stereocenters. The number of aliphatic hydroxyl groups excluding tert-OH is 1. The molecule has 2 atom stereocenters. The van der Waals surface area contributed by atoms with Crippen molar-refractivity contribution in [3.63, 3.8) is 0 Å². The number of epoxide rings is 1. The van der Waals surface area contributed by atoms with E-state index in [1.165, 1.54) is 0 Å². The third-order valence-corrected chi connectivity index (χ3v) is 2.79. The minimum atomic E-state index is -0.454. The molecule has 0 aliphatic carbocycles. The molecule has 0 amide bonds. The van der Waals surface area contributed by atoms with Crippen LogP contribution in [0.25, 0.3) is 0 Å². The monoisotopic (exact) mass is 238 g/mol. The second kappa shape index (κ2) is 5.38. The van der Waals surface area contributed by atoms with Crippen LogP contribution in [0.2, 0.25) is 0 Å². The molecule has 1 aliphatic rings. The van der Waals surface area contributed by atoms with Crippen LogP contribution in [0.3, 0.4) is 0 Å². The van der Waals surface area contributed by atoms with E-state index in [1.54, 1.807) is 7.11 Å². The molecule has 4 heteroatoms. The number of hydrogen-bond donors (Lipinski definition) is 1. The fourth-order valence-electron chi connectivity index (χ4n) is 1.59. The van der Waals surface area contributed by atoms with Crippen molar-refractivity contribution in [2.24, 2.45) is 0 Å². The molecule has 0 aromatic heterocycles. The number of hydrogen-bond acceptors (Lipinski definition) is 4. The summed E-state index contributed by atoms with van der Waals surface area (Å²) in [5, 5.41) is 9.75. The highest BCUT2D eigenvalue weighted by molar-refractivity contribution is 5.43. The Morgan fingerprint density at radius 1 is 1.47 bits per heavy atom. The highest BCUT2D eigenvalue weighted by Crippen LogP contribution is 2.31.